The summed E-state index contributed by atoms with van der Waals surface area (Å²) in [5.74, 6) is -0.547. The standard InChI is InChI=1S/C17H11ClFN5O2S/c1-27(25,26)17-21-5-4-13(22-17)16-15(10-2-3-12(19)11(18)8-10)23-14-9-20-6-7-24(14)16/h2-9H,1H3. The molecule has 0 N–H and O–H groups in total. The van der Waals surface area contributed by atoms with Crippen molar-refractivity contribution < 1.29 is 12.8 Å². The molecule has 0 bridgehead atoms. The third-order valence-corrected chi connectivity index (χ3v) is 4.98. The minimum absolute atomic E-state index is 0.0480. The minimum atomic E-state index is -3.59. The van der Waals surface area contributed by atoms with Crippen molar-refractivity contribution in [1.29, 1.82) is 0 Å². The molecule has 4 rings (SSSR count). The van der Waals surface area contributed by atoms with Gasteiger partial charge in [-0.05, 0) is 24.3 Å². The highest BCUT2D eigenvalue weighted by molar-refractivity contribution is 7.90. The predicted molar refractivity (Wildman–Crippen MR) is 97.5 cm³/mol. The average Bonchev–Trinajstić information content (AvgIpc) is 3.03. The van der Waals surface area contributed by atoms with E-state index in [0.29, 0.717) is 28.3 Å². The van der Waals surface area contributed by atoms with Crippen LogP contribution in [0.25, 0.3) is 28.3 Å². The van der Waals surface area contributed by atoms with E-state index >= 15 is 0 Å². The van der Waals surface area contributed by atoms with Gasteiger partial charge in [0.15, 0.2) is 5.65 Å². The number of fused-ring (bicyclic) bond motifs is 1. The molecule has 4 aromatic rings. The van der Waals surface area contributed by atoms with Crippen molar-refractivity contribution >= 4 is 27.1 Å². The van der Waals surface area contributed by atoms with Crippen LogP contribution in [-0.4, -0.2) is 39.0 Å². The monoisotopic (exact) mass is 403 g/mol. The SMILES string of the molecule is CS(=O)(=O)c1nccc(-c2c(-c3ccc(F)c(Cl)c3)nc3cnccn23)n1. The van der Waals surface area contributed by atoms with Gasteiger partial charge in [-0.1, -0.05) is 11.6 Å². The zero-order valence-electron chi connectivity index (χ0n) is 13.8. The Morgan fingerprint density at radius 3 is 2.70 bits per heavy atom. The van der Waals surface area contributed by atoms with Gasteiger partial charge in [0.1, 0.15) is 5.82 Å². The fourth-order valence-corrected chi connectivity index (χ4v) is 3.34. The van der Waals surface area contributed by atoms with Gasteiger partial charge in [-0.15, -0.1) is 0 Å². The van der Waals surface area contributed by atoms with Crippen LogP contribution >= 0.6 is 11.6 Å². The van der Waals surface area contributed by atoms with Crippen LogP contribution in [0.15, 0.2) is 54.2 Å². The molecule has 0 spiro atoms. The summed E-state index contributed by atoms with van der Waals surface area (Å²) in [6, 6.07) is 5.81. The molecule has 0 saturated heterocycles. The molecule has 0 aliphatic carbocycles. The molecular weight excluding hydrogens is 393 g/mol. The minimum Gasteiger partial charge on any atom is -0.295 e. The third-order valence-electron chi connectivity index (χ3n) is 3.83. The van der Waals surface area contributed by atoms with Gasteiger partial charge in [0, 0.05) is 30.4 Å². The number of benzene rings is 1. The molecule has 0 fully saturated rings. The molecule has 0 saturated carbocycles. The molecule has 27 heavy (non-hydrogen) atoms. The largest absolute Gasteiger partial charge is 0.295 e. The van der Waals surface area contributed by atoms with Gasteiger partial charge in [-0.2, -0.15) is 0 Å². The Hall–Kier alpha value is -2.91. The Kier molecular flexibility index (Phi) is 4.12. The molecule has 0 aliphatic rings. The van der Waals surface area contributed by atoms with E-state index in [1.54, 1.807) is 35.1 Å². The third kappa shape index (κ3) is 3.15. The number of rotatable bonds is 3. The Morgan fingerprint density at radius 1 is 1.15 bits per heavy atom. The van der Waals surface area contributed by atoms with E-state index in [-0.39, 0.29) is 10.2 Å². The summed E-state index contributed by atoms with van der Waals surface area (Å²) < 4.78 is 39.0. The first-order valence-electron chi connectivity index (χ1n) is 7.65. The van der Waals surface area contributed by atoms with Crippen LogP contribution in [0.3, 0.4) is 0 Å². The summed E-state index contributed by atoms with van der Waals surface area (Å²) in [5.41, 5.74) is 2.40. The van der Waals surface area contributed by atoms with Gasteiger partial charge in [-0.25, -0.2) is 27.8 Å². The molecule has 3 aromatic heterocycles. The van der Waals surface area contributed by atoms with Crippen LogP contribution in [0.5, 0.6) is 0 Å². The lowest BCUT2D eigenvalue weighted by molar-refractivity contribution is 0.593. The van der Waals surface area contributed by atoms with Crippen molar-refractivity contribution in [2.75, 3.05) is 6.26 Å². The lowest BCUT2D eigenvalue weighted by atomic mass is 10.1. The van der Waals surface area contributed by atoms with Crippen molar-refractivity contribution in [3.05, 3.63) is 59.9 Å². The van der Waals surface area contributed by atoms with Crippen LogP contribution in [0.2, 0.25) is 5.02 Å². The second-order valence-electron chi connectivity index (χ2n) is 5.74. The summed E-state index contributed by atoms with van der Waals surface area (Å²) in [6.45, 7) is 0. The fourth-order valence-electron chi connectivity index (χ4n) is 2.65. The van der Waals surface area contributed by atoms with Crippen LogP contribution in [0.4, 0.5) is 4.39 Å². The zero-order chi connectivity index (χ0) is 19.2. The molecule has 0 radical (unpaired) electrons. The van der Waals surface area contributed by atoms with E-state index in [0.717, 1.165) is 6.26 Å². The van der Waals surface area contributed by atoms with Crippen LogP contribution in [0.1, 0.15) is 0 Å². The maximum Gasteiger partial charge on any atom is 0.247 e. The number of imidazole rings is 1. The quantitative estimate of drug-likeness (QED) is 0.488. The number of aromatic nitrogens is 5. The first-order chi connectivity index (χ1) is 12.8. The zero-order valence-corrected chi connectivity index (χ0v) is 15.4. The van der Waals surface area contributed by atoms with Crippen molar-refractivity contribution in [2.45, 2.75) is 5.16 Å². The molecule has 10 heteroatoms. The van der Waals surface area contributed by atoms with Crippen LogP contribution in [-0.2, 0) is 9.84 Å². The molecule has 1 aromatic carbocycles. The second-order valence-corrected chi connectivity index (χ2v) is 8.06. The first-order valence-corrected chi connectivity index (χ1v) is 9.92. The lowest BCUT2D eigenvalue weighted by Crippen LogP contribution is -2.05. The summed E-state index contributed by atoms with van der Waals surface area (Å²) in [4.78, 5) is 16.6. The summed E-state index contributed by atoms with van der Waals surface area (Å²) in [5, 5.41) is -0.347. The van der Waals surface area contributed by atoms with E-state index in [1.807, 2.05) is 0 Å². The Bertz CT molecular complexity index is 1290. The van der Waals surface area contributed by atoms with Crippen LogP contribution in [0, 0.1) is 5.82 Å². The average molecular weight is 404 g/mol. The van der Waals surface area contributed by atoms with Gasteiger partial charge in [0.05, 0.1) is 28.3 Å². The molecule has 3 heterocycles. The fraction of sp³-hybridized carbons (Fsp3) is 0.0588. The highest BCUT2D eigenvalue weighted by Gasteiger charge is 2.20. The van der Waals surface area contributed by atoms with Crippen molar-refractivity contribution in [3.8, 4) is 22.6 Å². The molecule has 136 valence electrons. The molecule has 7 nitrogen and oxygen atoms in total. The smallest absolute Gasteiger partial charge is 0.247 e. The summed E-state index contributed by atoms with van der Waals surface area (Å²) >= 11 is 5.92. The van der Waals surface area contributed by atoms with Gasteiger partial charge >= 0.3 is 0 Å². The number of hydrogen-bond acceptors (Lipinski definition) is 6. The van der Waals surface area contributed by atoms with E-state index in [9.17, 15) is 12.8 Å². The molecular formula is C17H11ClFN5O2S. The Balaban J connectivity index is 2.04. The highest BCUT2D eigenvalue weighted by Crippen LogP contribution is 2.33. The van der Waals surface area contributed by atoms with Gasteiger partial charge in [0.2, 0.25) is 15.0 Å². The highest BCUT2D eigenvalue weighted by atomic mass is 35.5. The Labute approximate surface area is 158 Å². The molecule has 0 unspecified atom stereocenters. The van der Waals surface area contributed by atoms with Gasteiger partial charge in [-0.3, -0.25) is 9.38 Å². The number of nitrogens with zero attached hydrogens (tertiary/aromatic N) is 5. The van der Waals surface area contributed by atoms with Gasteiger partial charge in [0.25, 0.3) is 0 Å². The normalized spacial score (nSPS) is 11.8. The summed E-state index contributed by atoms with van der Waals surface area (Å²) in [7, 11) is -3.59. The van der Waals surface area contributed by atoms with E-state index in [2.05, 4.69) is 19.9 Å². The first kappa shape index (κ1) is 17.5. The van der Waals surface area contributed by atoms with Gasteiger partial charge < -0.3 is 0 Å². The lowest BCUT2D eigenvalue weighted by Gasteiger charge is -2.06. The van der Waals surface area contributed by atoms with Crippen molar-refractivity contribution in [3.63, 3.8) is 0 Å². The van der Waals surface area contributed by atoms with E-state index in [1.165, 1.54) is 18.3 Å². The van der Waals surface area contributed by atoms with E-state index < -0.39 is 15.7 Å². The maximum absolute atomic E-state index is 13.6. The second kappa shape index (κ2) is 6.36. The van der Waals surface area contributed by atoms with Crippen molar-refractivity contribution in [2.24, 2.45) is 0 Å². The maximum atomic E-state index is 13.6. The molecule has 0 aliphatic heterocycles. The predicted octanol–water partition coefficient (Wildman–Crippen LogP) is 3.05. The van der Waals surface area contributed by atoms with Crippen LogP contribution < -0.4 is 0 Å². The molecule has 0 atom stereocenters. The van der Waals surface area contributed by atoms with Crippen molar-refractivity contribution in [1.82, 2.24) is 24.3 Å². The number of halogens is 2. The Morgan fingerprint density at radius 2 is 1.96 bits per heavy atom. The molecule has 0 amide bonds. The number of hydrogen-bond donors (Lipinski definition) is 0. The van der Waals surface area contributed by atoms with E-state index in [4.69, 9.17) is 11.6 Å². The summed E-state index contributed by atoms with van der Waals surface area (Å²) in [6.07, 6.45) is 7.19. The number of sulfone groups is 1. The topological polar surface area (TPSA) is 90.1 Å².